The molecule has 0 bridgehead atoms. The van der Waals surface area contributed by atoms with Crippen molar-refractivity contribution in [3.63, 3.8) is 0 Å². The highest BCUT2D eigenvalue weighted by molar-refractivity contribution is 5.71. The number of nitrogens with one attached hydrogen (secondary N) is 2. The van der Waals surface area contributed by atoms with Gasteiger partial charge >= 0.3 is 16.9 Å². The Bertz CT molecular complexity index is 807. The lowest BCUT2D eigenvalue weighted by Crippen LogP contribution is -2.25. The third-order valence-corrected chi connectivity index (χ3v) is 2.46. The molecule has 20 heavy (non-hydrogen) atoms. The number of aromatic amines is 2. The van der Waals surface area contributed by atoms with Crippen LogP contribution in [-0.2, 0) is 0 Å². The standard InChI is InChI=1S/C12H8FN3O4/c13-8-4-2-1-3-7(8)5-6-9-10(16(19)20)11(17)15-12(18)14-9/h1-6H,(H2,14,15,17,18)/b6-5+. The molecule has 2 N–H and O–H groups in total. The van der Waals surface area contributed by atoms with Gasteiger partial charge < -0.3 is 4.98 Å². The first kappa shape index (κ1) is 13.4. The number of nitro groups is 1. The van der Waals surface area contributed by atoms with Crippen LogP contribution in [0.15, 0.2) is 33.9 Å². The number of benzene rings is 1. The smallest absolute Gasteiger partial charge is 0.301 e. The third-order valence-electron chi connectivity index (χ3n) is 2.46. The molecule has 0 aliphatic carbocycles. The Balaban J connectivity index is 2.54. The summed E-state index contributed by atoms with van der Waals surface area (Å²) < 4.78 is 13.4. The topological polar surface area (TPSA) is 109 Å². The highest BCUT2D eigenvalue weighted by Crippen LogP contribution is 2.14. The lowest BCUT2D eigenvalue weighted by Gasteiger charge is -1.97. The molecule has 1 aromatic heterocycles. The van der Waals surface area contributed by atoms with E-state index < -0.39 is 27.7 Å². The summed E-state index contributed by atoms with van der Waals surface area (Å²) in [5.74, 6) is -0.529. The van der Waals surface area contributed by atoms with Crippen molar-refractivity contribution in [3.8, 4) is 0 Å². The number of hydrogen-bond donors (Lipinski definition) is 2. The van der Waals surface area contributed by atoms with Gasteiger partial charge in [-0.05, 0) is 18.2 Å². The quantitative estimate of drug-likeness (QED) is 0.650. The van der Waals surface area contributed by atoms with Crippen LogP contribution in [0.5, 0.6) is 0 Å². The molecule has 1 heterocycles. The second kappa shape index (κ2) is 5.31. The molecular formula is C12H8FN3O4. The Morgan fingerprint density at radius 1 is 1.15 bits per heavy atom. The van der Waals surface area contributed by atoms with Crippen molar-refractivity contribution in [3.05, 3.63) is 72.3 Å². The fourth-order valence-corrected chi connectivity index (χ4v) is 1.58. The maximum atomic E-state index is 13.4. The molecule has 2 aromatic rings. The number of halogens is 1. The summed E-state index contributed by atoms with van der Waals surface area (Å²) >= 11 is 0. The van der Waals surface area contributed by atoms with Gasteiger partial charge in [0.1, 0.15) is 11.5 Å². The maximum Gasteiger partial charge on any atom is 0.357 e. The number of rotatable bonds is 3. The molecule has 0 saturated carbocycles. The summed E-state index contributed by atoms with van der Waals surface area (Å²) in [6.07, 6.45) is 2.33. The van der Waals surface area contributed by atoms with E-state index in [-0.39, 0.29) is 11.3 Å². The van der Waals surface area contributed by atoms with Crippen molar-refractivity contribution in [2.45, 2.75) is 0 Å². The van der Waals surface area contributed by atoms with Crippen molar-refractivity contribution in [2.75, 3.05) is 0 Å². The number of H-pyrrole nitrogens is 2. The van der Waals surface area contributed by atoms with Crippen LogP contribution in [0.3, 0.4) is 0 Å². The molecule has 1 aromatic carbocycles. The van der Waals surface area contributed by atoms with Gasteiger partial charge in [0.15, 0.2) is 0 Å². The molecule has 0 aliphatic rings. The predicted molar refractivity (Wildman–Crippen MR) is 69.7 cm³/mol. The third kappa shape index (κ3) is 2.69. The minimum absolute atomic E-state index is 0.169. The fraction of sp³-hybridized carbons (Fsp3) is 0. The molecule has 2 rings (SSSR count). The van der Waals surface area contributed by atoms with Crippen LogP contribution >= 0.6 is 0 Å². The lowest BCUT2D eigenvalue weighted by molar-refractivity contribution is -0.386. The van der Waals surface area contributed by atoms with E-state index in [1.54, 1.807) is 11.1 Å². The first-order valence-corrected chi connectivity index (χ1v) is 5.42. The molecule has 0 fully saturated rings. The largest absolute Gasteiger partial charge is 0.357 e. The van der Waals surface area contributed by atoms with Crippen molar-refractivity contribution in [1.29, 1.82) is 0 Å². The van der Waals surface area contributed by atoms with E-state index in [2.05, 4.69) is 4.98 Å². The van der Waals surface area contributed by atoms with Gasteiger partial charge in [-0.25, -0.2) is 9.18 Å². The van der Waals surface area contributed by atoms with Crippen molar-refractivity contribution in [2.24, 2.45) is 0 Å². The molecule has 7 nitrogen and oxygen atoms in total. The zero-order chi connectivity index (χ0) is 14.7. The monoisotopic (exact) mass is 277 g/mol. The Kier molecular flexibility index (Phi) is 3.56. The predicted octanol–water partition coefficient (Wildman–Crippen LogP) is 1.28. The van der Waals surface area contributed by atoms with Crippen LogP contribution < -0.4 is 11.2 Å². The molecule has 0 aliphatic heterocycles. The van der Waals surface area contributed by atoms with Crippen molar-refractivity contribution >= 4 is 17.8 Å². The minimum atomic E-state index is -1.12. The molecule has 0 radical (unpaired) electrons. The van der Waals surface area contributed by atoms with E-state index in [1.807, 2.05) is 0 Å². The second-order valence-electron chi connectivity index (χ2n) is 3.78. The average Bonchev–Trinajstić information content (AvgIpc) is 2.36. The Morgan fingerprint density at radius 3 is 2.50 bits per heavy atom. The summed E-state index contributed by atoms with van der Waals surface area (Å²) in [5, 5.41) is 10.8. The van der Waals surface area contributed by atoms with Crippen LogP contribution in [0.2, 0.25) is 0 Å². The van der Waals surface area contributed by atoms with Crippen LogP contribution in [0.25, 0.3) is 12.2 Å². The molecular weight excluding hydrogens is 269 g/mol. The Hall–Kier alpha value is -3.03. The van der Waals surface area contributed by atoms with E-state index in [0.29, 0.717) is 0 Å². The molecule has 0 atom stereocenters. The number of aromatic nitrogens is 2. The molecule has 0 amide bonds. The zero-order valence-corrected chi connectivity index (χ0v) is 9.92. The first-order valence-electron chi connectivity index (χ1n) is 5.42. The van der Waals surface area contributed by atoms with Crippen LogP contribution in [0.1, 0.15) is 11.3 Å². The van der Waals surface area contributed by atoms with Gasteiger partial charge in [-0.15, -0.1) is 0 Å². The Morgan fingerprint density at radius 2 is 1.85 bits per heavy atom. The van der Waals surface area contributed by atoms with E-state index in [1.165, 1.54) is 24.3 Å². The summed E-state index contributed by atoms with van der Waals surface area (Å²) in [7, 11) is 0. The summed E-state index contributed by atoms with van der Waals surface area (Å²) in [4.78, 5) is 36.2. The van der Waals surface area contributed by atoms with Gasteiger partial charge in [0, 0.05) is 5.56 Å². The molecule has 0 unspecified atom stereocenters. The normalized spacial score (nSPS) is 10.8. The zero-order valence-electron chi connectivity index (χ0n) is 9.92. The molecule has 8 heteroatoms. The van der Waals surface area contributed by atoms with Gasteiger partial charge in [0.05, 0.1) is 4.92 Å². The summed E-state index contributed by atoms with van der Waals surface area (Å²) in [6.45, 7) is 0. The highest BCUT2D eigenvalue weighted by atomic mass is 19.1. The SMILES string of the molecule is O=c1[nH]c(/C=C/c2ccccc2F)c([N+](=O)[O-])c(=O)[nH]1. The van der Waals surface area contributed by atoms with E-state index in [4.69, 9.17) is 0 Å². The van der Waals surface area contributed by atoms with Gasteiger partial charge in [0.25, 0.3) is 0 Å². The average molecular weight is 277 g/mol. The van der Waals surface area contributed by atoms with Crippen molar-refractivity contribution < 1.29 is 9.31 Å². The highest BCUT2D eigenvalue weighted by Gasteiger charge is 2.18. The lowest BCUT2D eigenvalue weighted by atomic mass is 10.2. The number of nitrogens with zero attached hydrogens (tertiary/aromatic N) is 1. The van der Waals surface area contributed by atoms with Gasteiger partial charge in [-0.3, -0.25) is 19.9 Å². The molecule has 0 saturated heterocycles. The molecule has 0 spiro atoms. The molecule has 102 valence electrons. The first-order chi connectivity index (χ1) is 9.49. The maximum absolute atomic E-state index is 13.4. The van der Waals surface area contributed by atoms with E-state index >= 15 is 0 Å². The fourth-order valence-electron chi connectivity index (χ4n) is 1.58. The summed E-state index contributed by atoms with van der Waals surface area (Å²) in [5.41, 5.74) is -2.94. The Labute approximate surface area is 110 Å². The van der Waals surface area contributed by atoms with Gasteiger partial charge in [-0.1, -0.05) is 18.2 Å². The van der Waals surface area contributed by atoms with E-state index in [0.717, 1.165) is 6.08 Å². The minimum Gasteiger partial charge on any atom is -0.301 e. The van der Waals surface area contributed by atoms with Crippen LogP contribution in [0, 0.1) is 15.9 Å². The van der Waals surface area contributed by atoms with Gasteiger partial charge in [0.2, 0.25) is 0 Å². The summed E-state index contributed by atoms with van der Waals surface area (Å²) in [6, 6.07) is 5.74. The second-order valence-corrected chi connectivity index (χ2v) is 3.78. The van der Waals surface area contributed by atoms with Gasteiger partial charge in [-0.2, -0.15) is 0 Å². The number of hydrogen-bond acceptors (Lipinski definition) is 4. The van der Waals surface area contributed by atoms with Crippen LogP contribution in [0.4, 0.5) is 10.1 Å². The van der Waals surface area contributed by atoms with Crippen LogP contribution in [-0.4, -0.2) is 14.9 Å². The van der Waals surface area contributed by atoms with Crippen molar-refractivity contribution in [1.82, 2.24) is 9.97 Å². The van der Waals surface area contributed by atoms with E-state index in [9.17, 15) is 24.1 Å².